The monoisotopic (exact) mass is 462 g/mol. The molecule has 182 valence electrons. The van der Waals surface area contributed by atoms with Crippen LogP contribution in [0.15, 0.2) is 36.4 Å². The van der Waals surface area contributed by atoms with Gasteiger partial charge < -0.3 is 0 Å². The maximum atomic E-state index is 14.4. The highest BCUT2D eigenvalue weighted by atomic mass is 19.4. The number of hydrogen-bond donors (Lipinski definition) is 1. The lowest BCUT2D eigenvalue weighted by Crippen LogP contribution is -2.44. The van der Waals surface area contributed by atoms with E-state index in [2.05, 4.69) is 12.3 Å². The first-order valence-electron chi connectivity index (χ1n) is 12.3. The van der Waals surface area contributed by atoms with E-state index in [1.807, 2.05) is 24.3 Å². The number of alkyl halides is 3. The Bertz CT molecular complexity index is 939. The average Bonchev–Trinajstić information content (AvgIpc) is 3.01. The summed E-state index contributed by atoms with van der Waals surface area (Å²) in [4.78, 5) is 12.3. The molecule has 0 aliphatic carbocycles. The minimum absolute atomic E-state index is 0.0139. The Morgan fingerprint density at radius 1 is 0.970 bits per heavy atom. The van der Waals surface area contributed by atoms with Crippen molar-refractivity contribution >= 4 is 16.7 Å². The summed E-state index contributed by atoms with van der Waals surface area (Å²) in [5.41, 5.74) is 2.64. The normalized spacial score (nSPS) is 17.5. The topological polar surface area (TPSA) is 32.3 Å². The first-order valence-corrected chi connectivity index (χ1v) is 12.3. The van der Waals surface area contributed by atoms with Crippen LogP contribution in [0.25, 0.3) is 10.8 Å². The Balaban J connectivity index is 1.85. The number of halogens is 3. The van der Waals surface area contributed by atoms with Crippen LogP contribution in [0.3, 0.4) is 0 Å². The van der Waals surface area contributed by atoms with Crippen LogP contribution in [0.5, 0.6) is 0 Å². The fraction of sp³-hybridized carbons (Fsp3) is 0.593. The molecule has 1 aliphatic rings. The molecule has 2 aromatic rings. The van der Waals surface area contributed by atoms with Crippen LogP contribution in [0.2, 0.25) is 0 Å². The molecule has 3 rings (SSSR count). The minimum atomic E-state index is -4.51. The van der Waals surface area contributed by atoms with E-state index in [4.69, 9.17) is 0 Å². The number of fused-ring (bicyclic) bond motifs is 1. The molecule has 0 aromatic heterocycles. The van der Waals surface area contributed by atoms with Crippen molar-refractivity contribution in [3.63, 3.8) is 0 Å². The van der Waals surface area contributed by atoms with E-state index in [1.165, 1.54) is 32.1 Å². The van der Waals surface area contributed by atoms with Crippen molar-refractivity contribution in [2.24, 2.45) is 5.41 Å². The standard InChI is InChI=1S/C27H37F3N2O/c1-4-5-6-7-8-9-10-11-16-22-21-15-13-12-14-20(21)17-18-23(22)24(27(28,29)30)32-19-26(2,3)25(33)31-32/h12-15,17-18,24H,4-11,16,19H2,1-3H3,(H,31,33). The molecule has 33 heavy (non-hydrogen) atoms. The molecule has 0 spiro atoms. The molecule has 1 N–H and O–H groups in total. The number of carbonyl (C=O) groups is 1. The Kier molecular flexibility index (Phi) is 8.43. The smallest absolute Gasteiger partial charge is 0.287 e. The van der Waals surface area contributed by atoms with Crippen molar-refractivity contribution in [3.8, 4) is 0 Å². The maximum absolute atomic E-state index is 14.4. The lowest BCUT2D eigenvalue weighted by molar-refractivity contribution is -0.191. The van der Waals surface area contributed by atoms with Gasteiger partial charge in [-0.1, -0.05) is 88.3 Å². The summed E-state index contributed by atoms with van der Waals surface area (Å²) in [6.07, 6.45) is 5.24. The van der Waals surface area contributed by atoms with Crippen molar-refractivity contribution < 1.29 is 18.0 Å². The molecular formula is C27H37F3N2O. The van der Waals surface area contributed by atoms with Crippen LogP contribution < -0.4 is 5.43 Å². The predicted molar refractivity (Wildman–Crippen MR) is 128 cm³/mol. The van der Waals surface area contributed by atoms with Crippen molar-refractivity contribution in [2.75, 3.05) is 6.54 Å². The largest absolute Gasteiger partial charge is 0.409 e. The van der Waals surface area contributed by atoms with Gasteiger partial charge in [0.25, 0.3) is 0 Å². The van der Waals surface area contributed by atoms with Gasteiger partial charge in [0.15, 0.2) is 0 Å². The third-order valence-electron chi connectivity index (χ3n) is 6.70. The number of hydrogen-bond acceptors (Lipinski definition) is 2. The van der Waals surface area contributed by atoms with Gasteiger partial charge >= 0.3 is 6.18 Å². The lowest BCUT2D eigenvalue weighted by atomic mass is 9.89. The predicted octanol–water partition coefficient (Wildman–Crippen LogP) is 7.50. The van der Waals surface area contributed by atoms with Gasteiger partial charge in [-0.05, 0) is 48.6 Å². The second kappa shape index (κ2) is 10.9. The minimum Gasteiger partial charge on any atom is -0.287 e. The summed E-state index contributed by atoms with van der Waals surface area (Å²) in [5.74, 6) is -0.373. The van der Waals surface area contributed by atoms with Crippen molar-refractivity contribution in [2.45, 2.75) is 90.8 Å². The number of nitrogens with one attached hydrogen (secondary N) is 1. The maximum Gasteiger partial charge on any atom is 0.409 e. The Hall–Kier alpha value is -2.08. The zero-order chi connectivity index (χ0) is 24.1. The average molecular weight is 463 g/mol. The highest BCUT2D eigenvalue weighted by Crippen LogP contribution is 2.43. The van der Waals surface area contributed by atoms with Crippen molar-refractivity contribution in [1.82, 2.24) is 10.4 Å². The Morgan fingerprint density at radius 3 is 2.21 bits per heavy atom. The molecule has 0 radical (unpaired) electrons. The van der Waals surface area contributed by atoms with Gasteiger partial charge in [-0.15, -0.1) is 0 Å². The first kappa shape index (κ1) is 25.5. The van der Waals surface area contributed by atoms with E-state index in [-0.39, 0.29) is 18.0 Å². The first-order chi connectivity index (χ1) is 15.6. The quantitative estimate of drug-likeness (QED) is 0.351. The number of benzene rings is 2. The molecule has 1 unspecified atom stereocenters. The number of nitrogens with zero attached hydrogens (tertiary/aromatic N) is 1. The van der Waals surface area contributed by atoms with E-state index >= 15 is 0 Å². The molecule has 1 heterocycles. The SMILES string of the molecule is CCCCCCCCCCc1c(C(N2CC(C)(C)C(=O)N2)C(F)(F)F)ccc2ccccc12. The van der Waals surface area contributed by atoms with E-state index in [9.17, 15) is 18.0 Å². The van der Waals surface area contributed by atoms with Gasteiger partial charge in [-0.25, -0.2) is 5.01 Å². The zero-order valence-corrected chi connectivity index (χ0v) is 20.1. The number of unbranched alkanes of at least 4 members (excludes halogenated alkanes) is 7. The number of hydrazine groups is 1. The summed E-state index contributed by atoms with van der Waals surface area (Å²) < 4.78 is 43.2. The molecule has 1 aliphatic heterocycles. The van der Waals surface area contributed by atoms with E-state index in [0.29, 0.717) is 6.42 Å². The summed E-state index contributed by atoms with van der Waals surface area (Å²) in [6, 6.07) is 9.16. The zero-order valence-electron chi connectivity index (χ0n) is 20.1. The third kappa shape index (κ3) is 6.28. The van der Waals surface area contributed by atoms with Gasteiger partial charge in [0.05, 0.1) is 5.41 Å². The Morgan fingerprint density at radius 2 is 1.61 bits per heavy atom. The van der Waals surface area contributed by atoms with Crippen LogP contribution in [0.4, 0.5) is 13.2 Å². The van der Waals surface area contributed by atoms with E-state index < -0.39 is 17.6 Å². The summed E-state index contributed by atoms with van der Waals surface area (Å²) in [5, 5.41) is 2.91. The van der Waals surface area contributed by atoms with Crippen LogP contribution in [-0.2, 0) is 11.2 Å². The van der Waals surface area contributed by atoms with Gasteiger partial charge in [0.1, 0.15) is 6.04 Å². The van der Waals surface area contributed by atoms with Crippen LogP contribution in [-0.4, -0.2) is 23.6 Å². The molecule has 1 saturated heterocycles. The van der Waals surface area contributed by atoms with Crippen molar-refractivity contribution in [1.29, 1.82) is 0 Å². The van der Waals surface area contributed by atoms with Gasteiger partial charge in [-0.2, -0.15) is 13.2 Å². The summed E-state index contributed by atoms with van der Waals surface area (Å²) in [7, 11) is 0. The van der Waals surface area contributed by atoms with Crippen LogP contribution >= 0.6 is 0 Å². The van der Waals surface area contributed by atoms with Crippen LogP contribution in [0, 0.1) is 5.41 Å². The highest BCUT2D eigenvalue weighted by molar-refractivity contribution is 5.87. The number of carbonyl (C=O) groups excluding carboxylic acids is 1. The lowest BCUT2D eigenvalue weighted by Gasteiger charge is -2.32. The molecule has 0 bridgehead atoms. The summed E-state index contributed by atoms with van der Waals surface area (Å²) in [6.45, 7) is 5.57. The molecule has 0 saturated carbocycles. The fourth-order valence-corrected chi connectivity index (χ4v) is 4.82. The van der Waals surface area contributed by atoms with Gasteiger partial charge in [0.2, 0.25) is 5.91 Å². The second-order valence-corrected chi connectivity index (χ2v) is 9.98. The highest BCUT2D eigenvalue weighted by Gasteiger charge is 2.51. The molecule has 2 aromatic carbocycles. The molecule has 6 heteroatoms. The van der Waals surface area contributed by atoms with Gasteiger partial charge in [-0.3, -0.25) is 10.2 Å². The van der Waals surface area contributed by atoms with Gasteiger partial charge in [0, 0.05) is 6.54 Å². The molecule has 1 amide bonds. The number of amides is 1. The fourth-order valence-electron chi connectivity index (χ4n) is 4.82. The second-order valence-electron chi connectivity index (χ2n) is 9.98. The molecule has 1 fully saturated rings. The Labute approximate surface area is 195 Å². The van der Waals surface area contributed by atoms with E-state index in [1.54, 1.807) is 26.0 Å². The number of rotatable bonds is 11. The number of aryl methyl sites for hydroxylation is 1. The molecule has 3 nitrogen and oxygen atoms in total. The molecular weight excluding hydrogens is 425 g/mol. The molecule has 1 atom stereocenters. The van der Waals surface area contributed by atoms with Crippen molar-refractivity contribution in [3.05, 3.63) is 47.5 Å². The van der Waals surface area contributed by atoms with E-state index in [0.717, 1.165) is 40.6 Å². The van der Waals surface area contributed by atoms with Crippen LogP contribution in [0.1, 0.15) is 89.3 Å². The summed E-state index contributed by atoms with van der Waals surface area (Å²) >= 11 is 0. The third-order valence-corrected chi connectivity index (χ3v) is 6.70.